The molecule has 0 aliphatic carbocycles. The van der Waals surface area contributed by atoms with E-state index < -0.39 is 0 Å². The zero-order valence-corrected chi connectivity index (χ0v) is 22.3. The van der Waals surface area contributed by atoms with Crippen molar-refractivity contribution in [3.05, 3.63) is 47.3 Å². The summed E-state index contributed by atoms with van der Waals surface area (Å²) in [4.78, 5) is 21.7. The Bertz CT molecular complexity index is 857. The Balaban J connectivity index is 0.00000385. The highest BCUT2D eigenvalue weighted by Crippen LogP contribution is 2.17. The van der Waals surface area contributed by atoms with Gasteiger partial charge < -0.3 is 25.0 Å². The highest BCUT2D eigenvalue weighted by molar-refractivity contribution is 14.0. The Morgan fingerprint density at radius 3 is 2.42 bits per heavy atom. The van der Waals surface area contributed by atoms with Gasteiger partial charge in [-0.25, -0.2) is 4.99 Å². The van der Waals surface area contributed by atoms with Crippen molar-refractivity contribution in [1.29, 1.82) is 0 Å². The summed E-state index contributed by atoms with van der Waals surface area (Å²) in [5.41, 5.74) is 3.25. The first-order chi connectivity index (χ1) is 15.7. The van der Waals surface area contributed by atoms with Crippen LogP contribution in [0.4, 0.5) is 5.69 Å². The lowest BCUT2D eigenvalue weighted by atomic mass is 10.1. The molecule has 2 heterocycles. The molecule has 8 nitrogen and oxygen atoms in total. The Hall–Kier alpha value is -2.30. The number of carbonyl (C=O) groups excluding carboxylic acids is 1. The molecule has 0 bridgehead atoms. The molecule has 1 amide bonds. The van der Waals surface area contributed by atoms with E-state index >= 15 is 0 Å². The second-order valence-electron chi connectivity index (χ2n) is 7.81. The minimum Gasteiger partial charge on any atom is -0.368 e. The number of guanidine groups is 1. The van der Waals surface area contributed by atoms with Crippen molar-refractivity contribution in [3.63, 3.8) is 0 Å². The zero-order valence-electron chi connectivity index (χ0n) is 20.0. The Kier molecular flexibility index (Phi) is 11.5. The number of para-hydroxylation sites is 1. The van der Waals surface area contributed by atoms with Gasteiger partial charge in [-0.2, -0.15) is 0 Å². The molecule has 1 aromatic heterocycles. The number of amides is 1. The van der Waals surface area contributed by atoms with Gasteiger partial charge in [-0.05, 0) is 25.5 Å². The van der Waals surface area contributed by atoms with Crippen molar-refractivity contribution < 1.29 is 9.32 Å². The van der Waals surface area contributed by atoms with E-state index in [-0.39, 0.29) is 29.9 Å². The number of carbonyl (C=O) groups is 1. The van der Waals surface area contributed by atoms with E-state index in [0.717, 1.165) is 62.6 Å². The molecule has 0 atom stereocenters. The SMILES string of the molecule is CCNC(=NCc1c(CC)noc1CC)NCCC(=O)N1CCN(c2ccccc2)CC1.I. The maximum absolute atomic E-state index is 12.7. The van der Waals surface area contributed by atoms with Crippen molar-refractivity contribution >= 4 is 41.5 Å². The number of rotatable bonds is 9. The Morgan fingerprint density at radius 1 is 1.06 bits per heavy atom. The number of aromatic nitrogens is 1. The number of benzene rings is 1. The fourth-order valence-electron chi connectivity index (χ4n) is 3.92. The second kappa shape index (κ2) is 14.1. The summed E-state index contributed by atoms with van der Waals surface area (Å²) in [6, 6.07) is 10.4. The average Bonchev–Trinajstić information content (AvgIpc) is 3.25. The molecular weight excluding hydrogens is 531 g/mol. The van der Waals surface area contributed by atoms with Gasteiger partial charge in [-0.15, -0.1) is 24.0 Å². The van der Waals surface area contributed by atoms with Crippen molar-refractivity contribution in [2.45, 2.75) is 46.6 Å². The fraction of sp³-hybridized carbons (Fsp3) is 0.542. The molecule has 3 rings (SSSR count). The van der Waals surface area contributed by atoms with Crippen LogP contribution < -0.4 is 15.5 Å². The van der Waals surface area contributed by atoms with Crippen LogP contribution in [-0.2, 0) is 24.2 Å². The first kappa shape index (κ1) is 26.9. The van der Waals surface area contributed by atoms with Crippen LogP contribution in [0.2, 0.25) is 0 Å². The summed E-state index contributed by atoms with van der Waals surface area (Å²) in [5.74, 6) is 1.78. The number of piperazine rings is 1. The highest BCUT2D eigenvalue weighted by Gasteiger charge is 2.21. The number of hydrogen-bond donors (Lipinski definition) is 2. The molecule has 1 saturated heterocycles. The van der Waals surface area contributed by atoms with E-state index in [0.29, 0.717) is 25.5 Å². The minimum absolute atomic E-state index is 0. The van der Waals surface area contributed by atoms with Gasteiger partial charge in [0.1, 0.15) is 5.76 Å². The van der Waals surface area contributed by atoms with Crippen LogP contribution in [0.3, 0.4) is 0 Å². The van der Waals surface area contributed by atoms with Gasteiger partial charge >= 0.3 is 0 Å². The fourth-order valence-corrected chi connectivity index (χ4v) is 3.92. The molecule has 9 heteroatoms. The molecule has 1 aromatic carbocycles. The maximum atomic E-state index is 12.7. The molecule has 0 radical (unpaired) electrons. The normalized spacial score (nSPS) is 14.1. The molecule has 2 N–H and O–H groups in total. The van der Waals surface area contributed by atoms with Crippen LogP contribution in [0.25, 0.3) is 0 Å². The number of nitrogens with one attached hydrogen (secondary N) is 2. The van der Waals surface area contributed by atoms with Crippen LogP contribution >= 0.6 is 24.0 Å². The summed E-state index contributed by atoms with van der Waals surface area (Å²) in [6.07, 6.45) is 2.07. The third-order valence-electron chi connectivity index (χ3n) is 5.73. The molecule has 0 unspecified atom stereocenters. The van der Waals surface area contributed by atoms with Crippen LogP contribution in [0, 0.1) is 0 Å². The van der Waals surface area contributed by atoms with Crippen molar-refractivity contribution in [2.24, 2.45) is 4.99 Å². The van der Waals surface area contributed by atoms with E-state index in [9.17, 15) is 4.79 Å². The highest BCUT2D eigenvalue weighted by atomic mass is 127. The largest absolute Gasteiger partial charge is 0.368 e. The number of halogens is 1. The van der Waals surface area contributed by atoms with Crippen molar-refractivity contribution in [2.75, 3.05) is 44.2 Å². The van der Waals surface area contributed by atoms with Crippen LogP contribution in [-0.4, -0.2) is 61.2 Å². The molecule has 33 heavy (non-hydrogen) atoms. The lowest BCUT2D eigenvalue weighted by molar-refractivity contribution is -0.131. The van der Waals surface area contributed by atoms with Gasteiger partial charge in [0.25, 0.3) is 0 Å². The van der Waals surface area contributed by atoms with Gasteiger partial charge in [0.05, 0.1) is 12.2 Å². The predicted octanol–water partition coefficient (Wildman–Crippen LogP) is 3.21. The summed E-state index contributed by atoms with van der Waals surface area (Å²) >= 11 is 0. The number of aryl methyl sites for hydroxylation is 2. The van der Waals surface area contributed by atoms with E-state index in [1.165, 1.54) is 5.69 Å². The van der Waals surface area contributed by atoms with E-state index in [1.807, 2.05) is 17.9 Å². The quantitative estimate of drug-likeness (QED) is 0.275. The summed E-state index contributed by atoms with van der Waals surface area (Å²) in [5, 5.41) is 10.7. The smallest absolute Gasteiger partial charge is 0.224 e. The van der Waals surface area contributed by atoms with E-state index in [4.69, 9.17) is 4.52 Å². The van der Waals surface area contributed by atoms with Gasteiger partial charge in [0.2, 0.25) is 5.91 Å². The Morgan fingerprint density at radius 2 is 1.79 bits per heavy atom. The molecule has 2 aromatic rings. The van der Waals surface area contributed by atoms with Crippen LogP contribution in [0.15, 0.2) is 39.8 Å². The summed E-state index contributed by atoms with van der Waals surface area (Å²) in [7, 11) is 0. The third kappa shape index (κ3) is 7.62. The van der Waals surface area contributed by atoms with Crippen molar-refractivity contribution in [3.8, 4) is 0 Å². The molecule has 1 aliphatic heterocycles. The number of nitrogens with zero attached hydrogens (tertiary/aromatic N) is 4. The lowest BCUT2D eigenvalue weighted by Gasteiger charge is -2.36. The lowest BCUT2D eigenvalue weighted by Crippen LogP contribution is -2.49. The van der Waals surface area contributed by atoms with Gasteiger partial charge in [0, 0.05) is 63.4 Å². The van der Waals surface area contributed by atoms with Gasteiger partial charge in [0.15, 0.2) is 5.96 Å². The predicted molar refractivity (Wildman–Crippen MR) is 143 cm³/mol. The standard InChI is InChI=1S/C24H36N6O2.HI/c1-4-21-20(22(5-2)32-28-21)18-27-24(25-6-3)26-13-12-23(31)30-16-14-29(15-17-30)19-10-8-7-9-11-19;/h7-11H,4-6,12-18H2,1-3H3,(H2,25,26,27);1H. The Labute approximate surface area is 214 Å². The second-order valence-corrected chi connectivity index (χ2v) is 7.81. The number of anilines is 1. The summed E-state index contributed by atoms with van der Waals surface area (Å²) < 4.78 is 5.43. The number of hydrogen-bond acceptors (Lipinski definition) is 5. The molecule has 182 valence electrons. The van der Waals surface area contributed by atoms with Crippen LogP contribution in [0.1, 0.15) is 44.2 Å². The molecule has 0 spiro atoms. The van der Waals surface area contributed by atoms with E-state index in [1.54, 1.807) is 0 Å². The third-order valence-corrected chi connectivity index (χ3v) is 5.73. The number of aliphatic imine (C=N–C) groups is 1. The van der Waals surface area contributed by atoms with Gasteiger partial charge in [-0.3, -0.25) is 4.79 Å². The average molecular weight is 569 g/mol. The topological polar surface area (TPSA) is 86.0 Å². The van der Waals surface area contributed by atoms with Crippen LogP contribution in [0.5, 0.6) is 0 Å². The first-order valence-corrected chi connectivity index (χ1v) is 11.7. The molecule has 1 aliphatic rings. The molecule has 1 fully saturated rings. The monoisotopic (exact) mass is 568 g/mol. The summed E-state index contributed by atoms with van der Waals surface area (Å²) in [6.45, 7) is 11.2. The van der Waals surface area contributed by atoms with E-state index in [2.05, 4.69) is 63.8 Å². The minimum atomic E-state index is 0. The van der Waals surface area contributed by atoms with Gasteiger partial charge in [-0.1, -0.05) is 37.2 Å². The maximum Gasteiger partial charge on any atom is 0.224 e. The zero-order chi connectivity index (χ0) is 22.8. The molecular formula is C24H37IN6O2. The van der Waals surface area contributed by atoms with Crippen molar-refractivity contribution in [1.82, 2.24) is 20.7 Å². The molecule has 0 saturated carbocycles. The first-order valence-electron chi connectivity index (χ1n) is 11.7.